The van der Waals surface area contributed by atoms with E-state index < -0.39 is 0 Å². The van der Waals surface area contributed by atoms with Crippen LogP contribution in [0.2, 0.25) is 0 Å². The highest BCUT2D eigenvalue weighted by molar-refractivity contribution is 9.08. The second-order valence-electron chi connectivity index (χ2n) is 2.60. The third-order valence-electron chi connectivity index (χ3n) is 1.60. The van der Waals surface area contributed by atoms with Crippen molar-refractivity contribution >= 4 is 33.1 Å². The van der Waals surface area contributed by atoms with Gasteiger partial charge in [-0.25, -0.2) is 9.98 Å². The first-order valence-corrected chi connectivity index (χ1v) is 6.07. The van der Waals surface area contributed by atoms with Crippen molar-refractivity contribution < 1.29 is 0 Å². The Hall–Kier alpha value is -0.940. The molecule has 5 heteroatoms. The van der Waals surface area contributed by atoms with Crippen LogP contribution in [0, 0.1) is 0 Å². The van der Waals surface area contributed by atoms with Crippen molar-refractivity contribution in [2.75, 3.05) is 0 Å². The Morgan fingerprint density at radius 1 is 1.50 bits per heavy atom. The van der Waals surface area contributed by atoms with Gasteiger partial charge in [0.05, 0.1) is 5.69 Å². The van der Waals surface area contributed by atoms with Crippen LogP contribution in [0.3, 0.4) is 0 Å². The summed E-state index contributed by atoms with van der Waals surface area (Å²) < 4.78 is 0. The highest BCUT2D eigenvalue weighted by Gasteiger charge is 1.93. The maximum absolute atomic E-state index is 4.34. The van der Waals surface area contributed by atoms with Crippen LogP contribution in [-0.4, -0.2) is 9.97 Å². The number of aromatic amines is 1. The topological polar surface area (TPSA) is 41.0 Å². The molecule has 2 aromatic heterocycles. The zero-order valence-electron chi connectivity index (χ0n) is 7.27. The molecule has 0 spiro atoms. The standard InChI is InChI=1S/C9H8BrN3S/c10-6-7-2-1-3-8(12-7)13-9-11-4-5-14-9/h1-5H,6H2,(H,11,12,13). The van der Waals surface area contributed by atoms with E-state index in [-0.39, 0.29) is 0 Å². The second kappa shape index (κ2) is 4.52. The van der Waals surface area contributed by atoms with E-state index in [1.165, 1.54) is 0 Å². The molecule has 72 valence electrons. The molecular weight excluding hydrogens is 262 g/mol. The van der Waals surface area contributed by atoms with Crippen molar-refractivity contribution in [2.45, 2.75) is 5.33 Å². The average molecular weight is 270 g/mol. The van der Waals surface area contributed by atoms with E-state index in [1.807, 2.05) is 29.8 Å². The van der Waals surface area contributed by atoms with Crippen molar-refractivity contribution in [2.24, 2.45) is 4.99 Å². The lowest BCUT2D eigenvalue weighted by atomic mass is 10.4. The molecule has 0 unspecified atom stereocenters. The lowest BCUT2D eigenvalue weighted by molar-refractivity contribution is 1.12. The van der Waals surface area contributed by atoms with E-state index in [0.717, 1.165) is 21.6 Å². The number of nitrogens with zero attached hydrogens (tertiary/aromatic N) is 2. The molecule has 0 amide bonds. The highest BCUT2D eigenvalue weighted by Crippen LogP contribution is 2.09. The van der Waals surface area contributed by atoms with Gasteiger partial charge in [0.2, 0.25) is 0 Å². The molecule has 0 fully saturated rings. The second-order valence-corrected chi connectivity index (χ2v) is 4.06. The molecule has 2 heterocycles. The summed E-state index contributed by atoms with van der Waals surface area (Å²) in [5.41, 5.74) is 0.989. The molecule has 0 atom stereocenters. The number of halogens is 1. The summed E-state index contributed by atoms with van der Waals surface area (Å²) >= 11 is 4.92. The van der Waals surface area contributed by atoms with Gasteiger partial charge in [0.15, 0.2) is 10.6 Å². The summed E-state index contributed by atoms with van der Waals surface area (Å²) in [4.78, 5) is 12.6. The number of hydrogen-bond acceptors (Lipinski definition) is 3. The summed E-state index contributed by atoms with van der Waals surface area (Å²) in [6.07, 6.45) is 1.86. The smallest absolute Gasteiger partial charge is 0.188 e. The van der Waals surface area contributed by atoms with Crippen LogP contribution in [0.5, 0.6) is 0 Å². The third-order valence-corrected chi connectivity index (χ3v) is 2.88. The minimum absolute atomic E-state index is 0.737. The number of thiazole rings is 1. The Balaban J connectivity index is 2.39. The van der Waals surface area contributed by atoms with E-state index >= 15 is 0 Å². The van der Waals surface area contributed by atoms with E-state index in [1.54, 1.807) is 11.3 Å². The number of aromatic nitrogens is 2. The van der Waals surface area contributed by atoms with Gasteiger partial charge in [0.1, 0.15) is 0 Å². The van der Waals surface area contributed by atoms with Gasteiger partial charge in [-0.2, -0.15) is 0 Å². The Kier molecular flexibility index (Phi) is 3.10. The van der Waals surface area contributed by atoms with Crippen molar-refractivity contribution in [3.63, 3.8) is 0 Å². The number of pyridine rings is 1. The fourth-order valence-electron chi connectivity index (χ4n) is 1.00. The number of alkyl halides is 1. The monoisotopic (exact) mass is 269 g/mol. The highest BCUT2D eigenvalue weighted by atomic mass is 79.9. The predicted octanol–water partition coefficient (Wildman–Crippen LogP) is 2.60. The Morgan fingerprint density at radius 2 is 2.43 bits per heavy atom. The first kappa shape index (κ1) is 9.61. The van der Waals surface area contributed by atoms with E-state index in [9.17, 15) is 0 Å². The van der Waals surface area contributed by atoms with Gasteiger partial charge in [-0.1, -0.05) is 22.0 Å². The molecule has 2 rings (SSSR count). The molecule has 3 nitrogen and oxygen atoms in total. The molecule has 0 saturated carbocycles. The average Bonchev–Trinajstić information content (AvgIpc) is 2.71. The number of rotatable bonds is 2. The Morgan fingerprint density at radius 3 is 3.14 bits per heavy atom. The predicted molar refractivity (Wildman–Crippen MR) is 60.8 cm³/mol. The first-order valence-electron chi connectivity index (χ1n) is 4.07. The Labute approximate surface area is 93.7 Å². The maximum Gasteiger partial charge on any atom is 0.188 e. The number of nitrogens with one attached hydrogen (secondary N) is 1. The summed E-state index contributed by atoms with van der Waals surface area (Å²) in [6, 6.07) is 5.81. The molecule has 0 aliphatic rings. The van der Waals surface area contributed by atoms with Gasteiger partial charge in [-0.05, 0) is 12.1 Å². The summed E-state index contributed by atoms with van der Waals surface area (Å²) in [7, 11) is 0. The van der Waals surface area contributed by atoms with Gasteiger partial charge in [-0.15, -0.1) is 11.3 Å². The van der Waals surface area contributed by atoms with Gasteiger partial charge < -0.3 is 4.98 Å². The van der Waals surface area contributed by atoms with E-state index in [0.29, 0.717) is 0 Å². The SMILES string of the molecule is BrCc1cccc(/N=c2/[nH]ccs2)n1. The summed E-state index contributed by atoms with van der Waals surface area (Å²) in [5, 5.41) is 2.71. The van der Waals surface area contributed by atoms with Crippen molar-refractivity contribution in [3.05, 3.63) is 40.3 Å². The molecule has 14 heavy (non-hydrogen) atoms. The molecule has 0 aliphatic heterocycles. The molecule has 0 aliphatic carbocycles. The summed E-state index contributed by atoms with van der Waals surface area (Å²) in [5.74, 6) is 0.737. The molecular formula is C9H8BrN3S. The molecule has 0 radical (unpaired) electrons. The Bertz CT molecular complexity index is 458. The third kappa shape index (κ3) is 2.30. The summed E-state index contributed by atoms with van der Waals surface area (Å²) in [6.45, 7) is 0. The largest absolute Gasteiger partial charge is 0.337 e. The number of hydrogen-bond donors (Lipinski definition) is 1. The van der Waals surface area contributed by atoms with Crippen LogP contribution in [0.4, 0.5) is 5.82 Å². The molecule has 2 aromatic rings. The molecule has 0 saturated heterocycles. The fourth-order valence-corrected chi connectivity index (χ4v) is 1.86. The minimum Gasteiger partial charge on any atom is -0.337 e. The maximum atomic E-state index is 4.34. The fraction of sp³-hybridized carbons (Fsp3) is 0.111. The molecule has 0 bridgehead atoms. The quantitative estimate of drug-likeness (QED) is 0.837. The van der Waals surface area contributed by atoms with Gasteiger partial charge in [-0.3, -0.25) is 0 Å². The van der Waals surface area contributed by atoms with Crippen molar-refractivity contribution in [3.8, 4) is 0 Å². The van der Waals surface area contributed by atoms with Crippen LogP contribution in [-0.2, 0) is 5.33 Å². The normalized spacial score (nSPS) is 11.9. The van der Waals surface area contributed by atoms with Crippen LogP contribution in [0.1, 0.15) is 5.69 Å². The van der Waals surface area contributed by atoms with Crippen molar-refractivity contribution in [1.29, 1.82) is 0 Å². The van der Waals surface area contributed by atoms with Crippen LogP contribution in [0.15, 0.2) is 34.8 Å². The zero-order valence-corrected chi connectivity index (χ0v) is 9.68. The minimum atomic E-state index is 0.737. The lowest BCUT2D eigenvalue weighted by Crippen LogP contribution is -1.95. The molecule has 0 aromatic carbocycles. The van der Waals surface area contributed by atoms with E-state index in [2.05, 4.69) is 30.9 Å². The molecule has 1 N–H and O–H groups in total. The zero-order chi connectivity index (χ0) is 9.80. The van der Waals surface area contributed by atoms with E-state index in [4.69, 9.17) is 0 Å². The van der Waals surface area contributed by atoms with Crippen molar-refractivity contribution in [1.82, 2.24) is 9.97 Å². The van der Waals surface area contributed by atoms with Gasteiger partial charge in [0, 0.05) is 16.9 Å². The lowest BCUT2D eigenvalue weighted by Gasteiger charge is -1.94. The van der Waals surface area contributed by atoms with Crippen LogP contribution < -0.4 is 4.80 Å². The van der Waals surface area contributed by atoms with Gasteiger partial charge in [0.25, 0.3) is 0 Å². The first-order chi connectivity index (χ1) is 6.88. The van der Waals surface area contributed by atoms with Crippen LogP contribution >= 0.6 is 27.3 Å². The van der Waals surface area contributed by atoms with Gasteiger partial charge >= 0.3 is 0 Å². The van der Waals surface area contributed by atoms with Crippen LogP contribution in [0.25, 0.3) is 0 Å². The number of H-pyrrole nitrogens is 1.